The van der Waals surface area contributed by atoms with Crippen molar-refractivity contribution in [3.8, 4) is 0 Å². The molecule has 232 valence electrons. The fraction of sp³-hybridized carbons (Fsp3) is 0.270. The van der Waals surface area contributed by atoms with Crippen LogP contribution in [0.3, 0.4) is 0 Å². The Morgan fingerprint density at radius 3 is 2.22 bits per heavy atom. The largest absolute Gasteiger partial charge is 0.378 e. The molecule has 1 aliphatic rings. The standard InChI is InChI=1S/C37H39BrN4O3/c1-28-8-9-30(25-39-28)14-19-36(43)42(27-32-12-17-34(18-13-32)41-20-22-45-23-21-41)35(24-29-6-4-3-5-7-29)37(44)40(2)26-31-10-15-33(38)16-11-31/h3-19,25,35H,20-24,26-27H2,1-2H3/b19-14+/t35-/m0/s1. The molecule has 1 aliphatic heterocycles. The Kier molecular flexibility index (Phi) is 11.2. The number of hydrogen-bond donors (Lipinski definition) is 0. The number of ether oxygens (including phenoxy) is 1. The second-order valence-electron chi connectivity index (χ2n) is 11.3. The van der Waals surface area contributed by atoms with E-state index in [2.05, 4.69) is 37.9 Å². The van der Waals surface area contributed by atoms with Gasteiger partial charge in [-0.2, -0.15) is 0 Å². The zero-order chi connectivity index (χ0) is 31.6. The maximum atomic E-state index is 14.3. The van der Waals surface area contributed by atoms with Gasteiger partial charge < -0.3 is 19.4 Å². The first kappa shape index (κ1) is 32.1. The van der Waals surface area contributed by atoms with Crippen LogP contribution in [0.5, 0.6) is 0 Å². The van der Waals surface area contributed by atoms with Crippen LogP contribution in [-0.2, 0) is 33.8 Å². The third-order valence-corrected chi connectivity index (χ3v) is 8.47. The van der Waals surface area contributed by atoms with Gasteiger partial charge in [0.25, 0.3) is 0 Å². The van der Waals surface area contributed by atoms with Crippen molar-refractivity contribution in [2.75, 3.05) is 38.3 Å². The van der Waals surface area contributed by atoms with E-state index in [1.165, 1.54) is 0 Å². The first-order valence-electron chi connectivity index (χ1n) is 15.2. The van der Waals surface area contributed by atoms with E-state index in [-0.39, 0.29) is 18.4 Å². The molecule has 0 radical (unpaired) electrons. The average molecular weight is 668 g/mol. The minimum Gasteiger partial charge on any atom is -0.378 e. The first-order chi connectivity index (χ1) is 21.9. The lowest BCUT2D eigenvalue weighted by atomic mass is 10.0. The number of carbonyl (C=O) groups excluding carboxylic acids is 2. The molecule has 0 saturated carbocycles. The Balaban J connectivity index is 1.46. The van der Waals surface area contributed by atoms with Gasteiger partial charge in [0.1, 0.15) is 6.04 Å². The van der Waals surface area contributed by atoms with Gasteiger partial charge in [-0.25, -0.2) is 0 Å². The van der Waals surface area contributed by atoms with Gasteiger partial charge in [-0.1, -0.05) is 76.6 Å². The highest BCUT2D eigenvalue weighted by molar-refractivity contribution is 9.10. The van der Waals surface area contributed by atoms with Gasteiger partial charge in [-0.15, -0.1) is 0 Å². The van der Waals surface area contributed by atoms with E-state index < -0.39 is 6.04 Å². The summed E-state index contributed by atoms with van der Waals surface area (Å²) in [5.74, 6) is -0.357. The Morgan fingerprint density at radius 2 is 1.56 bits per heavy atom. The number of nitrogens with zero attached hydrogens (tertiary/aromatic N) is 4. The van der Waals surface area contributed by atoms with Gasteiger partial charge >= 0.3 is 0 Å². The van der Waals surface area contributed by atoms with E-state index in [4.69, 9.17) is 4.74 Å². The molecular formula is C37H39BrN4O3. The summed E-state index contributed by atoms with van der Waals surface area (Å²) in [5, 5.41) is 0. The van der Waals surface area contributed by atoms with Crippen LogP contribution in [0.25, 0.3) is 6.08 Å². The van der Waals surface area contributed by atoms with Gasteiger partial charge in [0, 0.05) is 67.8 Å². The third-order valence-electron chi connectivity index (χ3n) is 7.94. The molecule has 3 aromatic carbocycles. The molecule has 0 spiro atoms. The van der Waals surface area contributed by atoms with E-state index in [0.717, 1.165) is 51.2 Å². The minimum atomic E-state index is -0.722. The third kappa shape index (κ3) is 9.12. The van der Waals surface area contributed by atoms with Crippen LogP contribution in [0.15, 0.2) is 108 Å². The lowest BCUT2D eigenvalue weighted by molar-refractivity contribution is -0.143. The van der Waals surface area contributed by atoms with Gasteiger partial charge in [0.2, 0.25) is 11.8 Å². The molecule has 0 bridgehead atoms. The number of aromatic nitrogens is 1. The number of anilines is 1. The summed E-state index contributed by atoms with van der Waals surface area (Å²) < 4.78 is 6.49. The maximum Gasteiger partial charge on any atom is 0.247 e. The monoisotopic (exact) mass is 666 g/mol. The Morgan fingerprint density at radius 1 is 0.889 bits per heavy atom. The molecule has 1 fully saturated rings. The topological polar surface area (TPSA) is 66.0 Å². The van der Waals surface area contributed by atoms with Gasteiger partial charge in [0.15, 0.2) is 0 Å². The van der Waals surface area contributed by atoms with Crippen LogP contribution in [0, 0.1) is 6.92 Å². The number of likely N-dealkylation sites (N-methyl/N-ethyl adjacent to an activating group) is 1. The molecule has 45 heavy (non-hydrogen) atoms. The van der Waals surface area contributed by atoms with Crippen LogP contribution >= 0.6 is 15.9 Å². The molecule has 2 heterocycles. The van der Waals surface area contributed by atoms with Gasteiger partial charge in [-0.3, -0.25) is 14.6 Å². The summed E-state index contributed by atoms with van der Waals surface area (Å²) >= 11 is 3.49. The Labute approximate surface area is 274 Å². The van der Waals surface area contributed by atoms with Crippen molar-refractivity contribution < 1.29 is 14.3 Å². The predicted molar refractivity (Wildman–Crippen MR) is 183 cm³/mol. The van der Waals surface area contributed by atoms with E-state index >= 15 is 0 Å². The highest BCUT2D eigenvalue weighted by Crippen LogP contribution is 2.22. The number of aryl methyl sites for hydroxylation is 1. The normalized spacial score (nSPS) is 13.9. The smallest absolute Gasteiger partial charge is 0.247 e. The van der Waals surface area contributed by atoms with Gasteiger partial charge in [-0.05, 0) is 65.6 Å². The second-order valence-corrected chi connectivity index (χ2v) is 12.2. The number of halogens is 1. The second kappa shape index (κ2) is 15.6. The summed E-state index contributed by atoms with van der Waals surface area (Å²) in [5.41, 5.74) is 5.80. The molecule has 1 saturated heterocycles. The molecule has 7 nitrogen and oxygen atoms in total. The highest BCUT2D eigenvalue weighted by atomic mass is 79.9. The van der Waals surface area contributed by atoms with Gasteiger partial charge in [0.05, 0.1) is 13.2 Å². The molecule has 8 heteroatoms. The fourth-order valence-electron chi connectivity index (χ4n) is 5.38. The first-order valence-corrected chi connectivity index (χ1v) is 16.0. The minimum absolute atomic E-state index is 0.120. The number of hydrogen-bond acceptors (Lipinski definition) is 5. The summed E-state index contributed by atoms with van der Waals surface area (Å²) in [6, 6.07) is 29.2. The van der Waals surface area contributed by atoms with E-state index in [9.17, 15) is 9.59 Å². The van der Waals surface area contributed by atoms with Crippen LogP contribution in [0.1, 0.15) is 27.9 Å². The van der Waals surface area contributed by atoms with Crippen LogP contribution < -0.4 is 4.90 Å². The molecule has 1 aromatic heterocycles. The van der Waals surface area contributed by atoms with Crippen molar-refractivity contribution in [2.45, 2.75) is 32.5 Å². The van der Waals surface area contributed by atoms with Crippen molar-refractivity contribution in [2.24, 2.45) is 0 Å². The molecule has 0 N–H and O–H groups in total. The maximum absolute atomic E-state index is 14.3. The zero-order valence-corrected chi connectivity index (χ0v) is 27.4. The zero-order valence-electron chi connectivity index (χ0n) is 25.8. The number of benzene rings is 3. The quantitative estimate of drug-likeness (QED) is 0.176. The van der Waals surface area contributed by atoms with E-state index in [0.29, 0.717) is 26.2 Å². The number of rotatable bonds is 11. The van der Waals surface area contributed by atoms with Crippen LogP contribution in [0.2, 0.25) is 0 Å². The Hall–Kier alpha value is -4.27. The number of pyridine rings is 1. The molecular weight excluding hydrogens is 628 g/mol. The molecule has 0 unspecified atom stereocenters. The fourth-order valence-corrected chi connectivity index (χ4v) is 5.64. The Bertz CT molecular complexity index is 1570. The number of morpholine rings is 1. The summed E-state index contributed by atoms with van der Waals surface area (Å²) in [6.45, 7) is 5.76. The summed E-state index contributed by atoms with van der Waals surface area (Å²) in [7, 11) is 1.80. The molecule has 1 atom stereocenters. The van der Waals surface area contributed by atoms with Crippen molar-refractivity contribution in [1.29, 1.82) is 0 Å². The van der Waals surface area contributed by atoms with E-state index in [1.807, 2.05) is 85.8 Å². The molecule has 0 aliphatic carbocycles. The average Bonchev–Trinajstić information content (AvgIpc) is 3.07. The van der Waals surface area contributed by atoms with Crippen molar-refractivity contribution in [1.82, 2.24) is 14.8 Å². The van der Waals surface area contributed by atoms with E-state index in [1.54, 1.807) is 35.2 Å². The summed E-state index contributed by atoms with van der Waals surface area (Å²) in [6.07, 6.45) is 5.45. The molecule has 4 aromatic rings. The molecule has 5 rings (SSSR count). The summed E-state index contributed by atoms with van der Waals surface area (Å²) in [4.78, 5) is 38.4. The highest BCUT2D eigenvalue weighted by Gasteiger charge is 2.31. The SMILES string of the molecule is Cc1ccc(/C=C/C(=O)N(Cc2ccc(N3CCOCC3)cc2)[C@@H](Cc2ccccc2)C(=O)N(C)Cc2ccc(Br)cc2)cn1. The number of amides is 2. The van der Waals surface area contributed by atoms with Crippen LogP contribution in [-0.4, -0.2) is 66.0 Å². The lowest BCUT2D eigenvalue weighted by Crippen LogP contribution is -2.50. The van der Waals surface area contributed by atoms with Crippen LogP contribution in [0.4, 0.5) is 5.69 Å². The van der Waals surface area contributed by atoms with Crippen molar-refractivity contribution >= 4 is 39.5 Å². The van der Waals surface area contributed by atoms with Crippen molar-refractivity contribution in [3.63, 3.8) is 0 Å². The van der Waals surface area contributed by atoms with Crippen molar-refractivity contribution in [3.05, 3.63) is 136 Å². The lowest BCUT2D eigenvalue weighted by Gasteiger charge is -2.34. The number of carbonyl (C=O) groups is 2. The molecule has 2 amide bonds. The predicted octanol–water partition coefficient (Wildman–Crippen LogP) is 6.30.